The third-order valence-electron chi connectivity index (χ3n) is 1.81. The minimum absolute atomic E-state index is 0.124. The highest BCUT2D eigenvalue weighted by Crippen LogP contribution is 2.17. The van der Waals surface area contributed by atoms with Crippen molar-refractivity contribution in [2.24, 2.45) is 0 Å². The number of nitro groups is 1. The molecule has 0 aliphatic carbocycles. The maximum absolute atomic E-state index is 11.1. The summed E-state index contributed by atoms with van der Waals surface area (Å²) in [4.78, 5) is 30.9. The van der Waals surface area contributed by atoms with Gasteiger partial charge in [0.15, 0.2) is 0 Å². The molecule has 7 nitrogen and oxygen atoms in total. The van der Waals surface area contributed by atoms with E-state index in [1.807, 2.05) is 0 Å². The highest BCUT2D eigenvalue weighted by Gasteiger charge is 2.08. The smallest absolute Gasteiger partial charge is 0.311 e. The summed E-state index contributed by atoms with van der Waals surface area (Å²) in [5.74, 6) is -1.95. The SMILES string of the molecule is O=C([O-])CCC(=O)Oc1ccc([N+](=O)[O-])cc1. The van der Waals surface area contributed by atoms with Gasteiger partial charge in [-0.25, -0.2) is 0 Å². The number of carboxylic acids is 1. The summed E-state index contributed by atoms with van der Waals surface area (Å²) in [6.07, 6.45) is -0.731. The molecule has 0 fully saturated rings. The van der Waals surface area contributed by atoms with Crippen LogP contribution >= 0.6 is 0 Å². The van der Waals surface area contributed by atoms with Crippen LogP contribution in [0, 0.1) is 10.1 Å². The lowest BCUT2D eigenvalue weighted by Crippen LogP contribution is -2.23. The quantitative estimate of drug-likeness (QED) is 0.310. The van der Waals surface area contributed by atoms with Crippen LogP contribution in [0.3, 0.4) is 0 Å². The summed E-state index contributed by atoms with van der Waals surface area (Å²) in [6.45, 7) is 0. The van der Waals surface area contributed by atoms with E-state index in [1.54, 1.807) is 0 Å². The number of carbonyl (C=O) groups is 2. The fourth-order valence-electron chi connectivity index (χ4n) is 1.02. The maximum atomic E-state index is 11.1. The van der Waals surface area contributed by atoms with Gasteiger partial charge in [-0.1, -0.05) is 0 Å². The van der Waals surface area contributed by atoms with Crippen molar-refractivity contribution in [3.8, 4) is 5.75 Å². The number of non-ortho nitro benzene ring substituents is 1. The van der Waals surface area contributed by atoms with Gasteiger partial charge in [0.25, 0.3) is 5.69 Å². The van der Waals surface area contributed by atoms with Crippen molar-refractivity contribution in [3.05, 3.63) is 34.4 Å². The van der Waals surface area contributed by atoms with Gasteiger partial charge in [-0.15, -0.1) is 0 Å². The van der Waals surface area contributed by atoms with E-state index in [1.165, 1.54) is 24.3 Å². The first-order valence-electron chi connectivity index (χ1n) is 4.64. The van der Waals surface area contributed by atoms with Gasteiger partial charge in [0.1, 0.15) is 5.75 Å². The van der Waals surface area contributed by atoms with Crippen molar-refractivity contribution in [1.82, 2.24) is 0 Å². The molecule has 1 rings (SSSR count). The summed E-state index contributed by atoms with van der Waals surface area (Å²) < 4.78 is 4.75. The predicted molar refractivity (Wildman–Crippen MR) is 53.0 cm³/mol. The molecule has 0 saturated carbocycles. The lowest BCUT2D eigenvalue weighted by Gasteiger charge is -2.04. The Morgan fingerprint density at radius 2 is 1.76 bits per heavy atom. The monoisotopic (exact) mass is 238 g/mol. The zero-order valence-corrected chi connectivity index (χ0v) is 8.62. The molecule has 17 heavy (non-hydrogen) atoms. The van der Waals surface area contributed by atoms with Gasteiger partial charge < -0.3 is 14.6 Å². The molecule has 0 aliphatic rings. The molecule has 0 amide bonds. The number of ether oxygens (including phenoxy) is 1. The van der Waals surface area contributed by atoms with E-state index >= 15 is 0 Å². The minimum Gasteiger partial charge on any atom is -0.550 e. The van der Waals surface area contributed by atoms with Crippen LogP contribution in [0.25, 0.3) is 0 Å². The Labute approximate surface area is 95.8 Å². The molecule has 0 N–H and O–H groups in total. The predicted octanol–water partition coefficient (Wildman–Crippen LogP) is 0.0303. The maximum Gasteiger partial charge on any atom is 0.311 e. The summed E-state index contributed by atoms with van der Waals surface area (Å²) >= 11 is 0. The molecular weight excluding hydrogens is 230 g/mol. The Morgan fingerprint density at radius 3 is 2.24 bits per heavy atom. The van der Waals surface area contributed by atoms with E-state index < -0.39 is 23.3 Å². The van der Waals surface area contributed by atoms with E-state index in [0.717, 1.165) is 0 Å². The Kier molecular flexibility index (Phi) is 4.15. The van der Waals surface area contributed by atoms with Gasteiger partial charge in [-0.3, -0.25) is 14.9 Å². The number of aliphatic carboxylic acids is 1. The van der Waals surface area contributed by atoms with Crippen LogP contribution in [0.1, 0.15) is 12.8 Å². The fraction of sp³-hybridized carbons (Fsp3) is 0.200. The molecular formula is C10H8NO6-. The van der Waals surface area contributed by atoms with Crippen LogP contribution in [0.2, 0.25) is 0 Å². The third kappa shape index (κ3) is 4.29. The van der Waals surface area contributed by atoms with Gasteiger partial charge in [-0.2, -0.15) is 0 Å². The van der Waals surface area contributed by atoms with E-state index in [4.69, 9.17) is 4.74 Å². The molecule has 0 aromatic heterocycles. The lowest BCUT2D eigenvalue weighted by atomic mass is 10.3. The van der Waals surface area contributed by atoms with Crippen LogP contribution < -0.4 is 9.84 Å². The van der Waals surface area contributed by atoms with Crippen molar-refractivity contribution in [2.75, 3.05) is 0 Å². The number of rotatable bonds is 5. The van der Waals surface area contributed by atoms with Crippen LogP contribution in [0.4, 0.5) is 5.69 Å². The van der Waals surface area contributed by atoms with Crippen molar-refractivity contribution < 1.29 is 24.4 Å². The molecule has 0 radical (unpaired) electrons. The molecule has 0 bridgehead atoms. The van der Waals surface area contributed by atoms with Crippen LogP contribution in [-0.4, -0.2) is 16.9 Å². The van der Waals surface area contributed by atoms with Crippen molar-refractivity contribution in [1.29, 1.82) is 0 Å². The van der Waals surface area contributed by atoms with Crippen LogP contribution in [0.15, 0.2) is 24.3 Å². The molecule has 0 saturated heterocycles. The van der Waals surface area contributed by atoms with E-state index in [-0.39, 0.29) is 17.9 Å². The Bertz CT molecular complexity index is 439. The standard InChI is InChI=1S/C10H9NO6/c12-9(13)5-6-10(14)17-8-3-1-7(2-4-8)11(15)16/h1-4H,5-6H2,(H,12,13)/p-1. The number of nitrogens with zero attached hydrogens (tertiary/aromatic N) is 1. The van der Waals surface area contributed by atoms with E-state index in [0.29, 0.717) is 0 Å². The number of esters is 1. The summed E-state index contributed by atoms with van der Waals surface area (Å²) in [5, 5.41) is 20.4. The third-order valence-corrected chi connectivity index (χ3v) is 1.81. The first-order chi connectivity index (χ1) is 7.99. The zero-order valence-electron chi connectivity index (χ0n) is 8.62. The molecule has 0 aliphatic heterocycles. The van der Waals surface area contributed by atoms with Gasteiger partial charge in [0.2, 0.25) is 0 Å². The highest BCUT2D eigenvalue weighted by molar-refractivity contribution is 5.77. The van der Waals surface area contributed by atoms with Crippen molar-refractivity contribution in [2.45, 2.75) is 12.8 Å². The molecule has 0 atom stereocenters. The average Bonchev–Trinajstić information content (AvgIpc) is 2.27. The number of benzene rings is 1. The second-order valence-corrected chi connectivity index (χ2v) is 3.10. The molecule has 1 aromatic rings. The number of carboxylic acid groups (broad SMARTS) is 1. The summed E-state index contributed by atoms with van der Waals surface area (Å²) in [5.41, 5.74) is -0.125. The second-order valence-electron chi connectivity index (χ2n) is 3.10. The first-order valence-corrected chi connectivity index (χ1v) is 4.64. The highest BCUT2D eigenvalue weighted by atomic mass is 16.6. The largest absolute Gasteiger partial charge is 0.550 e. The Morgan fingerprint density at radius 1 is 1.18 bits per heavy atom. The Balaban J connectivity index is 2.54. The molecule has 0 heterocycles. The van der Waals surface area contributed by atoms with Crippen LogP contribution in [-0.2, 0) is 9.59 Å². The van der Waals surface area contributed by atoms with Gasteiger partial charge in [0.05, 0.1) is 11.3 Å². The normalized spacial score (nSPS) is 9.65. The van der Waals surface area contributed by atoms with E-state index in [9.17, 15) is 24.8 Å². The van der Waals surface area contributed by atoms with Gasteiger partial charge in [-0.05, 0) is 18.6 Å². The van der Waals surface area contributed by atoms with Crippen molar-refractivity contribution in [3.63, 3.8) is 0 Å². The zero-order chi connectivity index (χ0) is 12.8. The molecule has 0 spiro atoms. The Hall–Kier alpha value is -2.44. The van der Waals surface area contributed by atoms with Gasteiger partial charge in [0, 0.05) is 18.1 Å². The lowest BCUT2D eigenvalue weighted by molar-refractivity contribution is -0.384. The average molecular weight is 238 g/mol. The second kappa shape index (κ2) is 5.59. The first kappa shape index (κ1) is 12.6. The summed E-state index contributed by atoms with van der Waals surface area (Å²) in [6, 6.07) is 4.88. The molecule has 90 valence electrons. The topological polar surface area (TPSA) is 110 Å². The molecule has 0 unspecified atom stereocenters. The fourth-order valence-corrected chi connectivity index (χ4v) is 1.02. The number of carbonyl (C=O) groups excluding carboxylic acids is 2. The number of hydrogen-bond acceptors (Lipinski definition) is 6. The van der Waals surface area contributed by atoms with Crippen LogP contribution in [0.5, 0.6) is 5.75 Å². The molecule has 7 heteroatoms. The summed E-state index contributed by atoms with van der Waals surface area (Å²) in [7, 11) is 0. The minimum atomic E-state index is -1.34. The molecule has 1 aromatic carbocycles. The van der Waals surface area contributed by atoms with Crippen molar-refractivity contribution >= 4 is 17.6 Å². The number of hydrogen-bond donors (Lipinski definition) is 0. The van der Waals surface area contributed by atoms with E-state index in [2.05, 4.69) is 0 Å². The number of nitro benzene ring substituents is 1. The van der Waals surface area contributed by atoms with Gasteiger partial charge >= 0.3 is 5.97 Å².